The summed E-state index contributed by atoms with van der Waals surface area (Å²) in [6.45, 7) is 1.80. The lowest BCUT2D eigenvalue weighted by Gasteiger charge is -2.31. The lowest BCUT2D eigenvalue weighted by molar-refractivity contribution is 0.0317. The highest BCUT2D eigenvalue weighted by molar-refractivity contribution is 5.99. The summed E-state index contributed by atoms with van der Waals surface area (Å²) < 4.78 is 5.83. The second kappa shape index (κ2) is 8.94. The summed E-state index contributed by atoms with van der Waals surface area (Å²) in [6.07, 6.45) is 4.09. The monoisotopic (exact) mass is 444 g/mol. The first-order chi connectivity index (χ1) is 16.0. The van der Waals surface area contributed by atoms with Crippen molar-refractivity contribution in [1.82, 2.24) is 9.97 Å². The molecule has 0 radical (unpaired) electrons. The topological polar surface area (TPSA) is 92.3 Å². The van der Waals surface area contributed by atoms with Gasteiger partial charge < -0.3 is 14.8 Å². The molecule has 2 unspecified atom stereocenters. The zero-order valence-electron chi connectivity index (χ0n) is 18.7. The van der Waals surface area contributed by atoms with Crippen molar-refractivity contribution >= 4 is 5.97 Å². The summed E-state index contributed by atoms with van der Waals surface area (Å²) in [7, 11) is 0. The van der Waals surface area contributed by atoms with E-state index in [0.29, 0.717) is 40.9 Å². The molecule has 0 spiro atoms. The van der Waals surface area contributed by atoms with Gasteiger partial charge in [-0.2, -0.15) is 0 Å². The van der Waals surface area contributed by atoms with Crippen LogP contribution in [0.4, 0.5) is 0 Å². The number of ether oxygens (including phenoxy) is 1. The van der Waals surface area contributed by atoms with Gasteiger partial charge in [-0.05, 0) is 63.0 Å². The Hall–Kier alpha value is -3.25. The summed E-state index contributed by atoms with van der Waals surface area (Å²) in [5.74, 6) is -0.314. The van der Waals surface area contributed by atoms with Crippen molar-refractivity contribution in [3.05, 3.63) is 87.0 Å². The van der Waals surface area contributed by atoms with E-state index < -0.39 is 12.1 Å². The molecule has 0 aliphatic heterocycles. The second-order valence-corrected chi connectivity index (χ2v) is 9.11. The van der Waals surface area contributed by atoms with Gasteiger partial charge in [0.25, 0.3) is 0 Å². The van der Waals surface area contributed by atoms with Gasteiger partial charge in [-0.25, -0.2) is 4.79 Å². The van der Waals surface area contributed by atoms with Crippen LogP contribution in [0.5, 0.6) is 0 Å². The van der Waals surface area contributed by atoms with E-state index in [2.05, 4.69) is 17.1 Å². The van der Waals surface area contributed by atoms with E-state index in [9.17, 15) is 14.7 Å². The molecule has 1 aromatic carbocycles. The van der Waals surface area contributed by atoms with Gasteiger partial charge >= 0.3 is 5.97 Å². The van der Waals surface area contributed by atoms with Crippen molar-refractivity contribution < 1.29 is 14.6 Å². The Balaban J connectivity index is 1.64. The predicted molar refractivity (Wildman–Crippen MR) is 125 cm³/mol. The number of aliphatic hydroxyl groups excluding tert-OH is 1. The molecule has 2 heterocycles. The number of H-pyrrole nitrogens is 1. The number of nitrogens with one attached hydrogen (secondary N) is 1. The third kappa shape index (κ3) is 4.23. The highest BCUT2D eigenvalue weighted by Gasteiger charge is 2.35. The number of aromatic amines is 1. The van der Waals surface area contributed by atoms with Crippen LogP contribution in [-0.2, 0) is 11.2 Å². The van der Waals surface area contributed by atoms with Crippen molar-refractivity contribution in [2.24, 2.45) is 0 Å². The third-order valence-electron chi connectivity index (χ3n) is 6.86. The van der Waals surface area contributed by atoms with E-state index in [-0.39, 0.29) is 17.6 Å². The van der Waals surface area contributed by atoms with Gasteiger partial charge in [0.05, 0.1) is 17.4 Å². The molecule has 3 aromatic rings. The first-order valence-corrected chi connectivity index (χ1v) is 11.7. The molecule has 6 heteroatoms. The molecular weight excluding hydrogens is 416 g/mol. The number of hydrogen-bond donors (Lipinski definition) is 2. The van der Waals surface area contributed by atoms with E-state index in [1.165, 1.54) is 6.07 Å². The number of aryl methyl sites for hydroxylation is 1. The zero-order chi connectivity index (χ0) is 22.9. The van der Waals surface area contributed by atoms with Crippen LogP contribution in [0.3, 0.4) is 0 Å². The maximum Gasteiger partial charge on any atom is 0.340 e. The molecule has 33 heavy (non-hydrogen) atoms. The lowest BCUT2D eigenvalue weighted by Crippen LogP contribution is -2.24. The molecule has 2 aliphatic carbocycles. The quantitative estimate of drug-likeness (QED) is 0.574. The first-order valence-electron chi connectivity index (χ1n) is 11.7. The molecule has 0 bridgehead atoms. The van der Waals surface area contributed by atoms with Gasteiger partial charge in [-0.3, -0.25) is 9.78 Å². The third-order valence-corrected chi connectivity index (χ3v) is 6.86. The molecule has 0 amide bonds. The number of nitrogens with zero attached hydrogens (tertiary/aromatic N) is 1. The summed E-state index contributed by atoms with van der Waals surface area (Å²) in [6, 6.07) is 15.0. The minimum absolute atomic E-state index is 0.0945. The van der Waals surface area contributed by atoms with Crippen LogP contribution in [0, 0.1) is 6.92 Å². The van der Waals surface area contributed by atoms with Crippen LogP contribution in [0.25, 0.3) is 11.3 Å². The van der Waals surface area contributed by atoms with Crippen molar-refractivity contribution in [3.63, 3.8) is 0 Å². The van der Waals surface area contributed by atoms with Crippen molar-refractivity contribution in [1.29, 1.82) is 0 Å². The van der Waals surface area contributed by atoms with Crippen LogP contribution in [0.2, 0.25) is 0 Å². The molecule has 1 fully saturated rings. The fourth-order valence-electron chi connectivity index (χ4n) is 5.32. The van der Waals surface area contributed by atoms with Crippen LogP contribution >= 0.6 is 0 Å². The molecule has 6 nitrogen and oxygen atoms in total. The van der Waals surface area contributed by atoms with Crippen LogP contribution in [-0.4, -0.2) is 27.1 Å². The summed E-state index contributed by atoms with van der Waals surface area (Å²) >= 11 is 0. The smallest absolute Gasteiger partial charge is 0.340 e. The van der Waals surface area contributed by atoms with E-state index >= 15 is 0 Å². The van der Waals surface area contributed by atoms with Gasteiger partial charge in [0.15, 0.2) is 0 Å². The Kier molecular flexibility index (Phi) is 5.85. The zero-order valence-corrected chi connectivity index (χ0v) is 18.7. The van der Waals surface area contributed by atoms with Crippen molar-refractivity contribution in [2.45, 2.75) is 63.6 Å². The number of rotatable bonds is 4. The largest absolute Gasteiger partial charge is 0.459 e. The second-order valence-electron chi connectivity index (χ2n) is 9.11. The molecule has 170 valence electrons. The predicted octanol–water partition coefficient (Wildman–Crippen LogP) is 4.61. The minimum Gasteiger partial charge on any atom is -0.459 e. The highest BCUT2D eigenvalue weighted by atomic mass is 16.5. The number of hydrogen-bond acceptors (Lipinski definition) is 5. The molecule has 1 saturated carbocycles. The van der Waals surface area contributed by atoms with Crippen LogP contribution in [0.1, 0.15) is 77.0 Å². The van der Waals surface area contributed by atoms with E-state index in [1.54, 1.807) is 19.1 Å². The number of benzene rings is 1. The Morgan fingerprint density at radius 3 is 2.58 bits per heavy atom. The number of aromatic nitrogens is 2. The van der Waals surface area contributed by atoms with E-state index in [1.807, 2.05) is 18.2 Å². The fraction of sp³-hybridized carbons (Fsp3) is 0.370. The molecule has 0 saturated heterocycles. The van der Waals surface area contributed by atoms with Gasteiger partial charge in [-0.1, -0.05) is 36.4 Å². The number of carbonyl (C=O) groups is 1. The highest BCUT2D eigenvalue weighted by Crippen LogP contribution is 2.44. The standard InChI is InChI=1S/C27H28N2O4/c1-16-24(27(32)33-19-10-5-6-11-19)26(20-12-7-13-23(31)29-20)25-21(28-16)14-18(15-22(25)30)17-8-3-2-4-9-17/h2-4,7-9,12-13,18-19,22,30H,5-6,10-11,14-15H2,1H3,(H,29,31). The average Bonchev–Trinajstić information content (AvgIpc) is 3.31. The molecular formula is C27H28N2O4. The molecule has 2 N–H and O–H groups in total. The van der Waals surface area contributed by atoms with Gasteiger partial charge in [0.1, 0.15) is 6.10 Å². The Morgan fingerprint density at radius 1 is 1.09 bits per heavy atom. The Labute approximate surface area is 192 Å². The minimum atomic E-state index is -0.816. The normalized spacial score (nSPS) is 20.4. The van der Waals surface area contributed by atoms with Gasteiger partial charge in [0.2, 0.25) is 5.56 Å². The van der Waals surface area contributed by atoms with Crippen LogP contribution < -0.4 is 5.56 Å². The first kappa shape index (κ1) is 21.6. The van der Waals surface area contributed by atoms with Gasteiger partial charge in [0, 0.05) is 28.6 Å². The summed E-state index contributed by atoms with van der Waals surface area (Å²) in [4.78, 5) is 33.1. The van der Waals surface area contributed by atoms with Crippen molar-refractivity contribution in [2.75, 3.05) is 0 Å². The molecule has 2 aromatic heterocycles. The fourth-order valence-corrected chi connectivity index (χ4v) is 5.32. The number of pyridine rings is 2. The number of aliphatic hydroxyl groups is 1. The summed E-state index contributed by atoms with van der Waals surface area (Å²) in [5, 5.41) is 11.3. The molecule has 5 rings (SSSR count). The number of carbonyl (C=O) groups excluding carboxylic acids is 1. The maximum atomic E-state index is 13.3. The molecule has 2 atom stereocenters. The Bertz CT molecular complexity index is 1230. The van der Waals surface area contributed by atoms with E-state index in [0.717, 1.165) is 36.9 Å². The van der Waals surface area contributed by atoms with Crippen molar-refractivity contribution in [3.8, 4) is 11.3 Å². The number of esters is 1. The van der Waals surface area contributed by atoms with Gasteiger partial charge in [-0.15, -0.1) is 0 Å². The summed E-state index contributed by atoms with van der Waals surface area (Å²) in [5.41, 5.74) is 4.19. The number of fused-ring (bicyclic) bond motifs is 1. The Morgan fingerprint density at radius 2 is 1.85 bits per heavy atom. The maximum absolute atomic E-state index is 13.3. The van der Waals surface area contributed by atoms with E-state index in [4.69, 9.17) is 9.72 Å². The lowest BCUT2D eigenvalue weighted by atomic mass is 9.77. The SMILES string of the molecule is Cc1nc2c(c(-c3cccc(=O)[nH]3)c1C(=O)OC1CCCC1)C(O)CC(c1ccccc1)C2. The average molecular weight is 445 g/mol. The molecule has 2 aliphatic rings. The van der Waals surface area contributed by atoms with Crippen LogP contribution in [0.15, 0.2) is 53.3 Å².